The van der Waals surface area contributed by atoms with Crippen LogP contribution in [0.4, 0.5) is 0 Å². The Morgan fingerprint density at radius 2 is 1.53 bits per heavy atom. The molecule has 2 heteroatoms. The largest absolute Gasteiger partial charge is 0.352 e. The minimum Gasteiger partial charge on any atom is -0.352 e. The van der Waals surface area contributed by atoms with Crippen LogP contribution in [0.2, 0.25) is 0 Å². The molecule has 1 heterocycles. The standard InChI is InChI=1S/C15H11NS/c17-15-14(11-6-2-1-3-7-11)13-9-5-4-8-12(13)10-16-15/h1-10H,(H,16,17). The summed E-state index contributed by atoms with van der Waals surface area (Å²) in [5, 5.41) is 2.38. The highest BCUT2D eigenvalue weighted by Gasteiger charge is 2.04. The van der Waals surface area contributed by atoms with Gasteiger partial charge in [-0.15, -0.1) is 0 Å². The van der Waals surface area contributed by atoms with E-state index in [0.29, 0.717) is 0 Å². The Labute approximate surface area is 105 Å². The van der Waals surface area contributed by atoms with E-state index in [0.717, 1.165) is 15.8 Å². The molecule has 0 spiro atoms. The third-order valence-electron chi connectivity index (χ3n) is 2.88. The summed E-state index contributed by atoms with van der Waals surface area (Å²) in [5.41, 5.74) is 2.27. The summed E-state index contributed by atoms with van der Waals surface area (Å²) < 4.78 is 0.787. The summed E-state index contributed by atoms with van der Waals surface area (Å²) in [6, 6.07) is 18.5. The van der Waals surface area contributed by atoms with Crippen LogP contribution < -0.4 is 0 Å². The van der Waals surface area contributed by atoms with E-state index in [1.807, 2.05) is 36.5 Å². The monoisotopic (exact) mass is 237 g/mol. The molecule has 82 valence electrons. The van der Waals surface area contributed by atoms with Crippen LogP contribution in [0, 0.1) is 4.64 Å². The van der Waals surface area contributed by atoms with Gasteiger partial charge in [-0.3, -0.25) is 0 Å². The van der Waals surface area contributed by atoms with Gasteiger partial charge < -0.3 is 4.98 Å². The normalized spacial score (nSPS) is 10.6. The zero-order valence-corrected chi connectivity index (χ0v) is 10.00. The topological polar surface area (TPSA) is 15.8 Å². The number of pyridine rings is 1. The van der Waals surface area contributed by atoms with Gasteiger partial charge in [0, 0.05) is 11.8 Å². The van der Waals surface area contributed by atoms with Crippen LogP contribution in [0.1, 0.15) is 0 Å². The highest BCUT2D eigenvalue weighted by atomic mass is 32.1. The van der Waals surface area contributed by atoms with Crippen molar-refractivity contribution < 1.29 is 0 Å². The number of fused-ring (bicyclic) bond motifs is 1. The third-order valence-corrected chi connectivity index (χ3v) is 3.20. The average Bonchev–Trinajstić information content (AvgIpc) is 2.39. The molecule has 0 aliphatic carbocycles. The van der Waals surface area contributed by atoms with Crippen molar-refractivity contribution in [2.75, 3.05) is 0 Å². The van der Waals surface area contributed by atoms with Gasteiger partial charge in [0.05, 0.1) is 0 Å². The maximum absolute atomic E-state index is 5.41. The smallest absolute Gasteiger partial charge is 0.111 e. The summed E-state index contributed by atoms with van der Waals surface area (Å²) in [5.74, 6) is 0. The SMILES string of the molecule is S=c1[nH]cc2ccccc2c1-c1ccccc1. The molecule has 0 amide bonds. The van der Waals surface area contributed by atoms with Crippen LogP contribution in [0.25, 0.3) is 21.9 Å². The molecular formula is C15H11NS. The molecule has 0 aliphatic rings. The van der Waals surface area contributed by atoms with Crippen molar-refractivity contribution in [1.82, 2.24) is 4.98 Å². The van der Waals surface area contributed by atoms with Gasteiger partial charge in [-0.2, -0.15) is 0 Å². The molecule has 0 bridgehead atoms. The predicted molar refractivity (Wildman–Crippen MR) is 74.6 cm³/mol. The van der Waals surface area contributed by atoms with E-state index < -0.39 is 0 Å². The van der Waals surface area contributed by atoms with Crippen molar-refractivity contribution in [3.05, 3.63) is 65.4 Å². The molecule has 0 saturated carbocycles. The van der Waals surface area contributed by atoms with E-state index in [-0.39, 0.29) is 0 Å². The number of aromatic nitrogens is 1. The van der Waals surface area contributed by atoms with Crippen LogP contribution in [0.5, 0.6) is 0 Å². The molecule has 3 rings (SSSR count). The van der Waals surface area contributed by atoms with Gasteiger partial charge in [-0.1, -0.05) is 66.8 Å². The average molecular weight is 237 g/mol. The lowest BCUT2D eigenvalue weighted by Crippen LogP contribution is -1.85. The minimum absolute atomic E-state index is 0.787. The van der Waals surface area contributed by atoms with E-state index in [2.05, 4.69) is 29.2 Å². The molecule has 1 N–H and O–H groups in total. The lowest BCUT2D eigenvalue weighted by molar-refractivity contribution is 1.33. The summed E-state index contributed by atoms with van der Waals surface area (Å²) in [4.78, 5) is 3.16. The first-order valence-electron chi connectivity index (χ1n) is 5.52. The first kappa shape index (κ1) is 10.2. The van der Waals surface area contributed by atoms with Crippen LogP contribution in [-0.4, -0.2) is 4.98 Å². The van der Waals surface area contributed by atoms with Crippen molar-refractivity contribution in [2.45, 2.75) is 0 Å². The van der Waals surface area contributed by atoms with Crippen molar-refractivity contribution in [2.24, 2.45) is 0 Å². The predicted octanol–water partition coefficient (Wildman–Crippen LogP) is 4.56. The lowest BCUT2D eigenvalue weighted by Gasteiger charge is -2.06. The lowest BCUT2D eigenvalue weighted by atomic mass is 10.0. The quantitative estimate of drug-likeness (QED) is 0.613. The Morgan fingerprint density at radius 3 is 2.35 bits per heavy atom. The Hall–Kier alpha value is -1.93. The zero-order valence-electron chi connectivity index (χ0n) is 9.18. The highest BCUT2D eigenvalue weighted by molar-refractivity contribution is 7.71. The number of aromatic amines is 1. The molecule has 1 aromatic heterocycles. The molecule has 0 fully saturated rings. The van der Waals surface area contributed by atoms with Crippen molar-refractivity contribution in [3.63, 3.8) is 0 Å². The van der Waals surface area contributed by atoms with Gasteiger partial charge >= 0.3 is 0 Å². The van der Waals surface area contributed by atoms with E-state index in [4.69, 9.17) is 12.2 Å². The van der Waals surface area contributed by atoms with Gasteiger partial charge in [-0.25, -0.2) is 0 Å². The number of rotatable bonds is 1. The molecule has 0 unspecified atom stereocenters. The maximum Gasteiger partial charge on any atom is 0.111 e. The van der Waals surface area contributed by atoms with Gasteiger partial charge in [0.25, 0.3) is 0 Å². The fourth-order valence-corrected chi connectivity index (χ4v) is 2.37. The molecular weight excluding hydrogens is 226 g/mol. The van der Waals surface area contributed by atoms with Gasteiger partial charge in [0.1, 0.15) is 4.64 Å². The molecule has 0 aliphatic heterocycles. The first-order valence-corrected chi connectivity index (χ1v) is 5.93. The fraction of sp³-hybridized carbons (Fsp3) is 0. The molecule has 2 aromatic carbocycles. The van der Waals surface area contributed by atoms with Gasteiger partial charge in [0.2, 0.25) is 0 Å². The zero-order chi connectivity index (χ0) is 11.7. The number of hydrogen-bond donors (Lipinski definition) is 1. The van der Waals surface area contributed by atoms with Crippen molar-refractivity contribution in [3.8, 4) is 11.1 Å². The van der Waals surface area contributed by atoms with Crippen LogP contribution >= 0.6 is 12.2 Å². The minimum atomic E-state index is 0.787. The molecule has 0 radical (unpaired) electrons. The molecule has 0 saturated heterocycles. The Balaban J connectivity index is 2.43. The summed E-state index contributed by atoms with van der Waals surface area (Å²) >= 11 is 5.41. The number of nitrogens with one attached hydrogen (secondary N) is 1. The molecule has 3 aromatic rings. The van der Waals surface area contributed by atoms with Crippen LogP contribution in [0.15, 0.2) is 60.8 Å². The van der Waals surface area contributed by atoms with E-state index >= 15 is 0 Å². The molecule has 1 nitrogen and oxygen atoms in total. The van der Waals surface area contributed by atoms with E-state index in [9.17, 15) is 0 Å². The third kappa shape index (κ3) is 1.77. The van der Waals surface area contributed by atoms with Crippen molar-refractivity contribution >= 4 is 23.0 Å². The maximum atomic E-state index is 5.41. The van der Waals surface area contributed by atoms with Crippen molar-refractivity contribution in [1.29, 1.82) is 0 Å². The molecule has 17 heavy (non-hydrogen) atoms. The Kier molecular flexibility index (Phi) is 2.50. The fourth-order valence-electron chi connectivity index (χ4n) is 2.08. The second-order valence-corrected chi connectivity index (χ2v) is 4.35. The number of benzene rings is 2. The Bertz CT molecular complexity index is 714. The van der Waals surface area contributed by atoms with E-state index in [1.165, 1.54) is 10.8 Å². The number of H-pyrrole nitrogens is 1. The Morgan fingerprint density at radius 1 is 0.824 bits per heavy atom. The highest BCUT2D eigenvalue weighted by Crippen LogP contribution is 2.28. The summed E-state index contributed by atoms with van der Waals surface area (Å²) in [7, 11) is 0. The van der Waals surface area contributed by atoms with E-state index in [1.54, 1.807) is 0 Å². The van der Waals surface area contributed by atoms with Crippen LogP contribution in [-0.2, 0) is 0 Å². The van der Waals surface area contributed by atoms with Crippen LogP contribution in [0.3, 0.4) is 0 Å². The van der Waals surface area contributed by atoms with Gasteiger partial charge in [0.15, 0.2) is 0 Å². The van der Waals surface area contributed by atoms with Gasteiger partial charge in [-0.05, 0) is 16.3 Å². The second kappa shape index (κ2) is 4.15. The second-order valence-electron chi connectivity index (χ2n) is 3.95. The molecule has 0 atom stereocenters. The summed E-state index contributed by atoms with van der Waals surface area (Å²) in [6.45, 7) is 0. The number of hydrogen-bond acceptors (Lipinski definition) is 1. The first-order chi connectivity index (χ1) is 8.36. The summed E-state index contributed by atoms with van der Waals surface area (Å²) in [6.07, 6.45) is 1.96.